The number of likely N-dealkylation sites (N-methyl/N-ethyl adjacent to an activating group) is 1. The highest BCUT2D eigenvalue weighted by Gasteiger charge is 2.21. The molecule has 0 bridgehead atoms. The van der Waals surface area contributed by atoms with Crippen LogP contribution in [0.15, 0.2) is 35.5 Å². The van der Waals surface area contributed by atoms with Crippen molar-refractivity contribution in [3.05, 3.63) is 36.0 Å². The Morgan fingerprint density at radius 3 is 2.57 bits per heavy atom. The van der Waals surface area contributed by atoms with Gasteiger partial charge in [0.05, 0.1) is 0 Å². The summed E-state index contributed by atoms with van der Waals surface area (Å²) in [5.74, 6) is 1.68. The van der Waals surface area contributed by atoms with Crippen molar-refractivity contribution in [1.29, 1.82) is 0 Å². The standard InChI is InChI=1S/C20H32N6O.HI/c1-15(2)12-22-20(23-14-19(27)25(4)5)24-17-8-10-26(11-9-17)18-7-6-16(3)13-21-18;/h6-7,13,17H,1,8-12,14H2,2-5H3,(H2,22,23,24);1H. The van der Waals surface area contributed by atoms with Crippen molar-refractivity contribution >= 4 is 41.7 Å². The number of guanidine groups is 1. The molecule has 1 amide bonds. The fourth-order valence-electron chi connectivity index (χ4n) is 2.77. The first-order valence-corrected chi connectivity index (χ1v) is 9.42. The Morgan fingerprint density at radius 2 is 2.04 bits per heavy atom. The zero-order valence-electron chi connectivity index (χ0n) is 17.4. The van der Waals surface area contributed by atoms with Gasteiger partial charge in [0.2, 0.25) is 5.91 Å². The van der Waals surface area contributed by atoms with Crippen molar-refractivity contribution < 1.29 is 4.79 Å². The minimum atomic E-state index is -0.0216. The van der Waals surface area contributed by atoms with Crippen LogP contribution in [0.1, 0.15) is 25.3 Å². The molecule has 1 saturated heterocycles. The van der Waals surface area contributed by atoms with Gasteiger partial charge >= 0.3 is 0 Å². The number of rotatable bonds is 6. The lowest BCUT2D eigenvalue weighted by Crippen LogP contribution is -2.49. The normalized spacial score (nSPS) is 14.9. The number of anilines is 1. The molecule has 0 aromatic carbocycles. The number of carbonyl (C=O) groups excluding carboxylic acids is 1. The van der Waals surface area contributed by atoms with Gasteiger partial charge in [-0.3, -0.25) is 4.79 Å². The summed E-state index contributed by atoms with van der Waals surface area (Å²) in [6, 6.07) is 4.50. The number of aliphatic imine (C=N–C) groups is 1. The number of halogens is 1. The van der Waals surface area contributed by atoms with Crippen molar-refractivity contribution in [2.24, 2.45) is 4.99 Å². The smallest absolute Gasteiger partial charge is 0.243 e. The van der Waals surface area contributed by atoms with E-state index in [9.17, 15) is 4.79 Å². The van der Waals surface area contributed by atoms with Crippen molar-refractivity contribution in [3.8, 4) is 0 Å². The third-order valence-electron chi connectivity index (χ3n) is 4.48. The van der Waals surface area contributed by atoms with Crippen LogP contribution in [0.5, 0.6) is 0 Å². The van der Waals surface area contributed by atoms with E-state index in [-0.39, 0.29) is 36.4 Å². The number of amides is 1. The summed E-state index contributed by atoms with van der Waals surface area (Å²) in [7, 11) is 3.47. The van der Waals surface area contributed by atoms with E-state index in [2.05, 4.69) is 44.2 Å². The van der Waals surface area contributed by atoms with Crippen molar-refractivity contribution in [1.82, 2.24) is 20.5 Å². The number of nitrogens with zero attached hydrogens (tertiary/aromatic N) is 4. The molecule has 2 heterocycles. The predicted octanol–water partition coefficient (Wildman–Crippen LogP) is 2.18. The van der Waals surface area contributed by atoms with Crippen LogP contribution in [0.4, 0.5) is 5.82 Å². The molecule has 0 aliphatic carbocycles. The molecular weight excluding hydrogens is 467 g/mol. The van der Waals surface area contributed by atoms with Crippen molar-refractivity contribution in [2.75, 3.05) is 45.2 Å². The second-order valence-corrected chi connectivity index (χ2v) is 7.36. The third-order valence-corrected chi connectivity index (χ3v) is 4.48. The molecule has 0 saturated carbocycles. The lowest BCUT2D eigenvalue weighted by Gasteiger charge is -2.34. The number of hydrogen-bond donors (Lipinski definition) is 2. The van der Waals surface area contributed by atoms with E-state index in [4.69, 9.17) is 0 Å². The Hall–Kier alpha value is -1.84. The SMILES string of the molecule is C=C(C)CNC(=NCC(=O)N(C)C)NC1CCN(c2ccc(C)cn2)CC1.I. The molecule has 28 heavy (non-hydrogen) atoms. The van der Waals surface area contributed by atoms with Crippen LogP contribution in [0.25, 0.3) is 0 Å². The number of pyridine rings is 1. The molecule has 8 heteroatoms. The van der Waals surface area contributed by atoms with Gasteiger partial charge in [-0.1, -0.05) is 18.2 Å². The van der Waals surface area contributed by atoms with Crippen LogP contribution >= 0.6 is 24.0 Å². The monoisotopic (exact) mass is 500 g/mol. The molecular formula is C20H33IN6O. The van der Waals surface area contributed by atoms with Crippen LogP contribution in [0, 0.1) is 6.92 Å². The van der Waals surface area contributed by atoms with Crippen LogP contribution < -0.4 is 15.5 Å². The highest BCUT2D eigenvalue weighted by molar-refractivity contribution is 14.0. The van der Waals surface area contributed by atoms with E-state index >= 15 is 0 Å². The van der Waals surface area contributed by atoms with Gasteiger partial charge in [0.25, 0.3) is 0 Å². The average molecular weight is 500 g/mol. The van der Waals surface area contributed by atoms with Gasteiger partial charge in [-0.05, 0) is 38.3 Å². The zero-order valence-corrected chi connectivity index (χ0v) is 19.7. The summed E-state index contributed by atoms with van der Waals surface area (Å²) in [5.41, 5.74) is 2.19. The number of nitrogens with one attached hydrogen (secondary N) is 2. The van der Waals surface area contributed by atoms with Gasteiger partial charge in [0.15, 0.2) is 5.96 Å². The maximum atomic E-state index is 11.8. The average Bonchev–Trinajstić information content (AvgIpc) is 2.64. The lowest BCUT2D eigenvalue weighted by molar-refractivity contribution is -0.127. The largest absolute Gasteiger partial charge is 0.356 e. The minimum absolute atomic E-state index is 0. The highest BCUT2D eigenvalue weighted by atomic mass is 127. The van der Waals surface area contributed by atoms with E-state index in [1.165, 1.54) is 5.56 Å². The topological polar surface area (TPSA) is 72.9 Å². The molecule has 2 N–H and O–H groups in total. The predicted molar refractivity (Wildman–Crippen MR) is 127 cm³/mol. The van der Waals surface area contributed by atoms with E-state index < -0.39 is 0 Å². The fourth-order valence-corrected chi connectivity index (χ4v) is 2.77. The summed E-state index contributed by atoms with van der Waals surface area (Å²) in [5, 5.41) is 6.72. The van der Waals surface area contributed by atoms with Gasteiger partial charge < -0.3 is 20.4 Å². The molecule has 1 aromatic rings. The molecule has 156 valence electrons. The molecule has 1 fully saturated rings. The fraction of sp³-hybridized carbons (Fsp3) is 0.550. The highest BCUT2D eigenvalue weighted by Crippen LogP contribution is 2.18. The van der Waals surface area contributed by atoms with Crippen molar-refractivity contribution in [3.63, 3.8) is 0 Å². The number of hydrogen-bond acceptors (Lipinski definition) is 4. The summed E-state index contributed by atoms with van der Waals surface area (Å²) in [4.78, 5) is 24.6. The molecule has 0 radical (unpaired) electrons. The number of carbonyl (C=O) groups is 1. The Balaban J connectivity index is 0.00000392. The van der Waals surface area contributed by atoms with Gasteiger partial charge in [-0.15, -0.1) is 24.0 Å². The van der Waals surface area contributed by atoms with Crippen LogP contribution in [0.3, 0.4) is 0 Å². The van der Waals surface area contributed by atoms with Crippen molar-refractivity contribution in [2.45, 2.75) is 32.7 Å². The summed E-state index contributed by atoms with van der Waals surface area (Å²) < 4.78 is 0. The van der Waals surface area contributed by atoms with Gasteiger partial charge in [-0.2, -0.15) is 0 Å². The minimum Gasteiger partial charge on any atom is -0.356 e. The molecule has 0 atom stereocenters. The molecule has 1 aromatic heterocycles. The Labute approximate surface area is 185 Å². The lowest BCUT2D eigenvalue weighted by atomic mass is 10.1. The maximum absolute atomic E-state index is 11.8. The first-order chi connectivity index (χ1) is 12.8. The number of aromatic nitrogens is 1. The molecule has 2 rings (SSSR count). The third kappa shape index (κ3) is 8.04. The van der Waals surface area contributed by atoms with Crippen LogP contribution in [-0.4, -0.2) is 68.1 Å². The molecule has 1 aliphatic rings. The van der Waals surface area contributed by atoms with Crippen LogP contribution in [-0.2, 0) is 4.79 Å². The number of aryl methyl sites for hydroxylation is 1. The quantitative estimate of drug-likeness (QED) is 0.271. The Morgan fingerprint density at radius 1 is 1.36 bits per heavy atom. The number of piperidine rings is 1. The summed E-state index contributed by atoms with van der Waals surface area (Å²) >= 11 is 0. The second-order valence-electron chi connectivity index (χ2n) is 7.36. The second kappa shape index (κ2) is 11.9. The van der Waals surface area contributed by atoms with E-state index in [1.807, 2.05) is 20.0 Å². The Bertz CT molecular complexity index is 666. The van der Waals surface area contributed by atoms with E-state index in [1.54, 1.807) is 19.0 Å². The van der Waals surface area contributed by atoms with Gasteiger partial charge in [-0.25, -0.2) is 9.98 Å². The summed E-state index contributed by atoms with van der Waals surface area (Å²) in [6.45, 7) is 10.6. The maximum Gasteiger partial charge on any atom is 0.243 e. The molecule has 0 unspecified atom stereocenters. The van der Waals surface area contributed by atoms with E-state index in [0.717, 1.165) is 37.3 Å². The Kier molecular flexibility index (Phi) is 10.3. The summed E-state index contributed by atoms with van der Waals surface area (Å²) in [6.07, 6.45) is 3.89. The van der Waals surface area contributed by atoms with Crippen LogP contribution in [0.2, 0.25) is 0 Å². The van der Waals surface area contributed by atoms with Gasteiger partial charge in [0.1, 0.15) is 12.4 Å². The first kappa shape index (κ1) is 24.2. The molecule has 7 nitrogen and oxygen atoms in total. The zero-order chi connectivity index (χ0) is 19.8. The van der Waals surface area contributed by atoms with Gasteiger partial charge in [0, 0.05) is 46.0 Å². The molecule has 0 spiro atoms. The first-order valence-electron chi connectivity index (χ1n) is 9.42. The molecule has 1 aliphatic heterocycles. The van der Waals surface area contributed by atoms with E-state index in [0.29, 0.717) is 18.5 Å².